The van der Waals surface area contributed by atoms with E-state index in [-0.39, 0.29) is 11.8 Å². The zero-order valence-electron chi connectivity index (χ0n) is 10.4. The van der Waals surface area contributed by atoms with Gasteiger partial charge < -0.3 is 10.1 Å². The molecular formula is C15H14N2O2. The molecule has 1 aliphatic heterocycles. The lowest BCUT2D eigenvalue weighted by Gasteiger charge is -2.24. The van der Waals surface area contributed by atoms with E-state index in [0.29, 0.717) is 13.0 Å². The third-order valence-corrected chi connectivity index (χ3v) is 3.20. The molecule has 0 aliphatic carbocycles. The lowest BCUT2D eigenvalue weighted by atomic mass is 9.96. The number of anilines is 1. The third-order valence-electron chi connectivity index (χ3n) is 3.20. The lowest BCUT2D eigenvalue weighted by Crippen LogP contribution is -2.32. The average Bonchev–Trinajstić information content (AvgIpc) is 2.48. The van der Waals surface area contributed by atoms with Gasteiger partial charge in [0, 0.05) is 18.1 Å². The number of nitrogens with one attached hydrogen (secondary N) is 1. The minimum absolute atomic E-state index is 0.0132. The van der Waals surface area contributed by atoms with Crippen LogP contribution in [0.4, 0.5) is 5.69 Å². The van der Waals surface area contributed by atoms with Crippen LogP contribution in [0.5, 0.6) is 5.75 Å². The van der Waals surface area contributed by atoms with Crippen molar-refractivity contribution < 1.29 is 9.53 Å². The molecular weight excluding hydrogens is 240 g/mol. The molecule has 1 amide bonds. The van der Waals surface area contributed by atoms with E-state index in [1.807, 2.05) is 24.3 Å². The molecule has 1 aromatic carbocycles. The number of para-hydroxylation sites is 1. The quantitative estimate of drug-likeness (QED) is 0.894. The standard InChI is InChI=1S/C15H14N2O2/c18-15(17-13-5-7-16-8-6-13)12-9-11-3-1-2-4-14(11)19-10-12/h1-8,12H,9-10H2,(H,16,17,18). The lowest BCUT2D eigenvalue weighted by molar-refractivity contribution is -0.121. The van der Waals surface area contributed by atoms with Crippen LogP contribution in [0.25, 0.3) is 0 Å². The SMILES string of the molecule is O=C(Nc1ccncc1)C1COc2ccccc2C1. The van der Waals surface area contributed by atoms with E-state index < -0.39 is 0 Å². The van der Waals surface area contributed by atoms with E-state index in [9.17, 15) is 4.79 Å². The van der Waals surface area contributed by atoms with Crippen LogP contribution in [-0.2, 0) is 11.2 Å². The Morgan fingerprint density at radius 1 is 1.21 bits per heavy atom. The van der Waals surface area contributed by atoms with E-state index in [0.717, 1.165) is 17.0 Å². The molecule has 0 bridgehead atoms. The number of nitrogens with zero attached hydrogens (tertiary/aromatic N) is 1. The number of aromatic nitrogens is 1. The Kier molecular flexibility index (Phi) is 3.14. The highest BCUT2D eigenvalue weighted by Crippen LogP contribution is 2.27. The van der Waals surface area contributed by atoms with Gasteiger partial charge in [-0.15, -0.1) is 0 Å². The average molecular weight is 254 g/mol. The van der Waals surface area contributed by atoms with Crippen molar-refractivity contribution >= 4 is 11.6 Å². The minimum Gasteiger partial charge on any atom is -0.492 e. The van der Waals surface area contributed by atoms with Gasteiger partial charge in [0.25, 0.3) is 0 Å². The van der Waals surface area contributed by atoms with Gasteiger partial charge in [-0.05, 0) is 30.2 Å². The molecule has 1 aromatic heterocycles. The summed E-state index contributed by atoms with van der Waals surface area (Å²) < 4.78 is 5.62. The topological polar surface area (TPSA) is 51.2 Å². The van der Waals surface area contributed by atoms with Gasteiger partial charge in [0.15, 0.2) is 0 Å². The fourth-order valence-corrected chi connectivity index (χ4v) is 2.18. The molecule has 3 rings (SSSR count). The predicted molar refractivity (Wildman–Crippen MR) is 72.0 cm³/mol. The van der Waals surface area contributed by atoms with Crippen molar-refractivity contribution in [1.82, 2.24) is 4.98 Å². The van der Waals surface area contributed by atoms with Crippen molar-refractivity contribution in [3.8, 4) is 5.75 Å². The molecule has 1 atom stereocenters. The summed E-state index contributed by atoms with van der Waals surface area (Å²) in [5.74, 6) is 0.722. The van der Waals surface area contributed by atoms with Crippen molar-refractivity contribution in [3.63, 3.8) is 0 Å². The summed E-state index contributed by atoms with van der Waals surface area (Å²) in [5.41, 5.74) is 1.85. The molecule has 2 aromatic rings. The fraction of sp³-hybridized carbons (Fsp3) is 0.200. The van der Waals surface area contributed by atoms with Crippen molar-refractivity contribution in [2.24, 2.45) is 5.92 Å². The van der Waals surface area contributed by atoms with Crippen LogP contribution in [0.3, 0.4) is 0 Å². The third kappa shape index (κ3) is 2.57. The molecule has 2 heterocycles. The second-order valence-corrected chi connectivity index (χ2v) is 4.54. The fourth-order valence-electron chi connectivity index (χ4n) is 2.18. The van der Waals surface area contributed by atoms with Gasteiger partial charge in [-0.1, -0.05) is 18.2 Å². The smallest absolute Gasteiger partial charge is 0.231 e. The Balaban J connectivity index is 1.70. The van der Waals surface area contributed by atoms with E-state index in [1.165, 1.54) is 0 Å². The second kappa shape index (κ2) is 5.10. The van der Waals surface area contributed by atoms with Crippen LogP contribution in [0.2, 0.25) is 0 Å². The molecule has 1 N–H and O–H groups in total. The van der Waals surface area contributed by atoms with Crippen molar-refractivity contribution in [2.75, 3.05) is 11.9 Å². The molecule has 0 saturated heterocycles. The number of amides is 1. The van der Waals surface area contributed by atoms with Crippen LogP contribution in [0.15, 0.2) is 48.8 Å². The maximum Gasteiger partial charge on any atom is 0.231 e. The van der Waals surface area contributed by atoms with Gasteiger partial charge in [-0.3, -0.25) is 9.78 Å². The van der Waals surface area contributed by atoms with Crippen LogP contribution in [-0.4, -0.2) is 17.5 Å². The van der Waals surface area contributed by atoms with Gasteiger partial charge in [-0.2, -0.15) is 0 Å². The molecule has 0 fully saturated rings. The Labute approximate surface area is 111 Å². The van der Waals surface area contributed by atoms with Crippen LogP contribution < -0.4 is 10.1 Å². The van der Waals surface area contributed by atoms with E-state index in [2.05, 4.69) is 10.3 Å². The molecule has 1 aliphatic rings. The highest BCUT2D eigenvalue weighted by Gasteiger charge is 2.25. The first-order valence-corrected chi connectivity index (χ1v) is 6.24. The number of ether oxygens (including phenoxy) is 1. The molecule has 4 nitrogen and oxygen atoms in total. The van der Waals surface area contributed by atoms with Gasteiger partial charge >= 0.3 is 0 Å². The summed E-state index contributed by atoms with van der Waals surface area (Å²) in [5, 5.41) is 2.88. The number of hydrogen-bond donors (Lipinski definition) is 1. The second-order valence-electron chi connectivity index (χ2n) is 4.54. The zero-order valence-corrected chi connectivity index (χ0v) is 10.4. The summed E-state index contributed by atoms with van der Waals surface area (Å²) in [6.45, 7) is 0.425. The van der Waals surface area contributed by atoms with Gasteiger partial charge in [0.1, 0.15) is 12.4 Å². The minimum atomic E-state index is -0.150. The highest BCUT2D eigenvalue weighted by atomic mass is 16.5. The van der Waals surface area contributed by atoms with Crippen molar-refractivity contribution in [1.29, 1.82) is 0 Å². The first kappa shape index (κ1) is 11.7. The zero-order chi connectivity index (χ0) is 13.1. The van der Waals surface area contributed by atoms with Gasteiger partial charge in [0.2, 0.25) is 5.91 Å². The van der Waals surface area contributed by atoms with Crippen LogP contribution in [0.1, 0.15) is 5.56 Å². The Morgan fingerprint density at radius 2 is 2.00 bits per heavy atom. The highest BCUT2D eigenvalue weighted by molar-refractivity contribution is 5.92. The molecule has 0 saturated carbocycles. The van der Waals surface area contributed by atoms with Crippen molar-refractivity contribution in [2.45, 2.75) is 6.42 Å². The summed E-state index contributed by atoms with van der Waals surface area (Å²) in [7, 11) is 0. The van der Waals surface area contributed by atoms with E-state index in [4.69, 9.17) is 4.74 Å². The maximum atomic E-state index is 12.2. The van der Waals surface area contributed by atoms with Gasteiger partial charge in [0.05, 0.1) is 5.92 Å². The summed E-state index contributed by atoms with van der Waals surface area (Å²) in [4.78, 5) is 16.1. The Morgan fingerprint density at radius 3 is 2.84 bits per heavy atom. The van der Waals surface area contributed by atoms with E-state index >= 15 is 0 Å². The number of carbonyl (C=O) groups excluding carboxylic acids is 1. The van der Waals surface area contributed by atoms with Gasteiger partial charge in [-0.25, -0.2) is 0 Å². The molecule has 19 heavy (non-hydrogen) atoms. The maximum absolute atomic E-state index is 12.2. The normalized spacial score (nSPS) is 17.2. The molecule has 4 heteroatoms. The van der Waals surface area contributed by atoms with E-state index in [1.54, 1.807) is 24.5 Å². The Bertz CT molecular complexity index is 584. The summed E-state index contributed by atoms with van der Waals surface area (Å²) >= 11 is 0. The Hall–Kier alpha value is -2.36. The molecule has 1 unspecified atom stereocenters. The molecule has 96 valence electrons. The molecule has 0 radical (unpaired) electrons. The van der Waals surface area contributed by atoms with Crippen LogP contribution >= 0.6 is 0 Å². The number of rotatable bonds is 2. The summed E-state index contributed by atoms with van der Waals surface area (Å²) in [6, 6.07) is 11.4. The number of pyridine rings is 1. The first-order chi connectivity index (χ1) is 9.33. The number of hydrogen-bond acceptors (Lipinski definition) is 3. The van der Waals surface area contributed by atoms with Crippen molar-refractivity contribution in [3.05, 3.63) is 54.4 Å². The monoisotopic (exact) mass is 254 g/mol. The number of benzene rings is 1. The number of fused-ring (bicyclic) bond motifs is 1. The first-order valence-electron chi connectivity index (χ1n) is 6.24. The summed E-state index contributed by atoms with van der Waals surface area (Å²) in [6.07, 6.45) is 4.03. The largest absolute Gasteiger partial charge is 0.492 e. The number of carbonyl (C=O) groups is 1. The van der Waals surface area contributed by atoms with Crippen LogP contribution in [0, 0.1) is 5.92 Å². The molecule has 0 spiro atoms. The predicted octanol–water partition coefficient (Wildman–Crippen LogP) is 2.27.